The van der Waals surface area contributed by atoms with Crippen molar-refractivity contribution in [1.82, 2.24) is 10.2 Å². The first-order chi connectivity index (χ1) is 11.5. The van der Waals surface area contributed by atoms with Crippen molar-refractivity contribution in [2.24, 2.45) is 4.99 Å². The molecule has 2 heterocycles. The average molecular weight is 406 g/mol. The highest BCUT2D eigenvalue weighted by atomic mass is 79.9. The molecule has 2 N–H and O–H groups in total. The maximum atomic E-state index is 14.6. The van der Waals surface area contributed by atoms with Crippen molar-refractivity contribution in [1.29, 1.82) is 0 Å². The molecule has 0 fully saturated rings. The van der Waals surface area contributed by atoms with Gasteiger partial charge in [-0.3, -0.25) is 5.10 Å². The van der Waals surface area contributed by atoms with Gasteiger partial charge >= 0.3 is 0 Å². The summed E-state index contributed by atoms with van der Waals surface area (Å²) in [6, 6.07) is 9.07. The van der Waals surface area contributed by atoms with Gasteiger partial charge in [0.2, 0.25) is 0 Å². The van der Waals surface area contributed by atoms with Crippen molar-refractivity contribution in [3.63, 3.8) is 0 Å². The molecule has 2 aromatic carbocycles. The monoisotopic (exact) mass is 404 g/mol. The van der Waals surface area contributed by atoms with Gasteiger partial charge in [0.25, 0.3) is 0 Å². The van der Waals surface area contributed by atoms with Gasteiger partial charge in [-0.15, -0.1) is 0 Å². The fourth-order valence-electron chi connectivity index (χ4n) is 2.67. The first-order valence-corrected chi connectivity index (χ1v) is 8.35. The van der Waals surface area contributed by atoms with Crippen LogP contribution in [0, 0.1) is 12.7 Å². The van der Waals surface area contributed by atoms with Gasteiger partial charge in [0, 0.05) is 5.56 Å². The lowest BCUT2D eigenvalue weighted by Crippen LogP contribution is -2.15. The van der Waals surface area contributed by atoms with Gasteiger partial charge in [-0.2, -0.15) is 5.10 Å². The van der Waals surface area contributed by atoms with Crippen LogP contribution in [0.25, 0.3) is 11.3 Å². The van der Waals surface area contributed by atoms with E-state index in [1.54, 1.807) is 18.3 Å². The van der Waals surface area contributed by atoms with Gasteiger partial charge in [-0.1, -0.05) is 23.2 Å². The number of rotatable bonds is 1. The molecule has 4 nitrogen and oxygen atoms in total. The average Bonchev–Trinajstić information content (AvgIpc) is 2.95. The highest BCUT2D eigenvalue weighted by molar-refractivity contribution is 9.10. The van der Waals surface area contributed by atoms with E-state index >= 15 is 0 Å². The van der Waals surface area contributed by atoms with Crippen LogP contribution in [0.3, 0.4) is 0 Å². The van der Waals surface area contributed by atoms with E-state index in [2.05, 4.69) is 36.4 Å². The van der Waals surface area contributed by atoms with Gasteiger partial charge in [0.1, 0.15) is 11.7 Å². The zero-order valence-corrected chi connectivity index (χ0v) is 14.8. The van der Waals surface area contributed by atoms with E-state index in [0.717, 1.165) is 16.8 Å². The number of aliphatic imine (C=N–C) groups is 1. The molecule has 4 rings (SSSR count). The lowest BCUT2D eigenvalue weighted by Gasteiger charge is -2.11. The Bertz CT molecular complexity index is 996. The number of aryl methyl sites for hydroxylation is 1. The van der Waals surface area contributed by atoms with Crippen molar-refractivity contribution in [2.75, 3.05) is 5.32 Å². The summed E-state index contributed by atoms with van der Waals surface area (Å²) in [7, 11) is 0. The highest BCUT2D eigenvalue weighted by Crippen LogP contribution is 2.38. The predicted molar refractivity (Wildman–Crippen MR) is 97.7 cm³/mol. The van der Waals surface area contributed by atoms with E-state index in [1.807, 2.05) is 25.1 Å². The summed E-state index contributed by atoms with van der Waals surface area (Å²) in [4.78, 5) is 4.61. The van der Waals surface area contributed by atoms with Crippen molar-refractivity contribution in [3.05, 3.63) is 63.0 Å². The summed E-state index contributed by atoms with van der Waals surface area (Å²) in [5.41, 5.74) is 4.44. The largest absolute Gasteiger partial charge is 0.336 e. The zero-order valence-electron chi connectivity index (χ0n) is 12.5. The van der Waals surface area contributed by atoms with Crippen molar-refractivity contribution < 1.29 is 4.39 Å². The molecule has 7 heteroatoms. The number of H-pyrrole nitrogens is 1. The number of hydrogen-bond donors (Lipinski definition) is 2. The molecular formula is C17H11BrClFN4. The van der Waals surface area contributed by atoms with E-state index in [-0.39, 0.29) is 10.6 Å². The normalized spacial score (nSPS) is 12.8. The number of aromatic nitrogens is 2. The number of amidine groups is 1. The van der Waals surface area contributed by atoms with Crippen LogP contribution < -0.4 is 5.32 Å². The molecule has 120 valence electrons. The summed E-state index contributed by atoms with van der Waals surface area (Å²) < 4.78 is 15.0. The smallest absolute Gasteiger partial charge is 0.149 e. The van der Waals surface area contributed by atoms with E-state index in [4.69, 9.17) is 11.6 Å². The number of benzene rings is 2. The molecule has 0 amide bonds. The van der Waals surface area contributed by atoms with Gasteiger partial charge < -0.3 is 5.32 Å². The molecule has 0 saturated heterocycles. The molecule has 0 unspecified atom stereocenters. The molecule has 0 aliphatic carbocycles. The molecule has 24 heavy (non-hydrogen) atoms. The van der Waals surface area contributed by atoms with Crippen LogP contribution in [0.2, 0.25) is 5.02 Å². The third-order valence-corrected chi connectivity index (χ3v) is 4.75. The zero-order chi connectivity index (χ0) is 16.8. The topological polar surface area (TPSA) is 53.1 Å². The van der Waals surface area contributed by atoms with E-state index < -0.39 is 5.82 Å². The second-order valence-electron chi connectivity index (χ2n) is 5.48. The molecule has 0 spiro atoms. The quantitative estimate of drug-likeness (QED) is 0.529. The molecule has 1 aliphatic heterocycles. The molecule has 3 aromatic rings. The van der Waals surface area contributed by atoms with Crippen molar-refractivity contribution in [2.45, 2.75) is 6.92 Å². The van der Waals surface area contributed by atoms with Crippen molar-refractivity contribution >= 4 is 44.7 Å². The molecular weight excluding hydrogens is 395 g/mol. The summed E-state index contributed by atoms with van der Waals surface area (Å²) in [5.74, 6) is -0.126. The van der Waals surface area contributed by atoms with Gasteiger partial charge in [-0.25, -0.2) is 9.38 Å². The molecule has 0 saturated carbocycles. The molecule has 0 radical (unpaired) electrons. The second-order valence-corrected chi connectivity index (χ2v) is 6.74. The van der Waals surface area contributed by atoms with Crippen LogP contribution in [0.15, 0.2) is 46.0 Å². The Hall–Kier alpha value is -2.18. The fourth-order valence-corrected chi connectivity index (χ4v) is 3.24. The summed E-state index contributed by atoms with van der Waals surface area (Å²) >= 11 is 9.43. The standard InChI is InChI=1S/C17H11BrClFN4/c1-8-2-5-12-9(6-8)16-13(7-21-24-16)23-17(22-12)14-11(19)4-3-10(18)15(14)20/h2-7H,1H3,(H,21,24)(H,22,23). The first kappa shape index (κ1) is 15.4. The van der Waals surface area contributed by atoms with Crippen LogP contribution in [-0.2, 0) is 0 Å². The Kier molecular flexibility index (Phi) is 3.66. The SMILES string of the molecule is Cc1ccc2c(c1)-c1[nH]ncc1NC(c1c(Cl)ccc(Br)c1F)=N2. The minimum absolute atomic E-state index is 0.214. The minimum Gasteiger partial charge on any atom is -0.336 e. The Labute approximate surface area is 150 Å². The summed E-state index contributed by atoms with van der Waals surface area (Å²) in [6.45, 7) is 2.00. The maximum absolute atomic E-state index is 14.6. The Morgan fingerprint density at radius 1 is 1.21 bits per heavy atom. The number of nitrogens with zero attached hydrogens (tertiary/aromatic N) is 2. The van der Waals surface area contributed by atoms with Crippen molar-refractivity contribution in [3.8, 4) is 11.3 Å². The molecule has 1 aliphatic rings. The summed E-state index contributed by atoms with van der Waals surface area (Å²) in [5, 5.41) is 10.5. The third-order valence-electron chi connectivity index (χ3n) is 3.83. The predicted octanol–water partition coefficient (Wildman–Crippen LogP) is 5.44. The lowest BCUT2D eigenvalue weighted by atomic mass is 10.1. The number of fused-ring (bicyclic) bond motifs is 3. The fraction of sp³-hybridized carbons (Fsp3) is 0.0588. The van der Waals surface area contributed by atoms with E-state index in [1.165, 1.54) is 0 Å². The van der Waals surface area contributed by atoms with Crippen LogP contribution in [0.4, 0.5) is 15.8 Å². The van der Waals surface area contributed by atoms with Crippen LogP contribution in [0.1, 0.15) is 11.1 Å². The van der Waals surface area contributed by atoms with Crippen LogP contribution >= 0.6 is 27.5 Å². The third kappa shape index (κ3) is 2.42. The van der Waals surface area contributed by atoms with Crippen LogP contribution in [-0.4, -0.2) is 16.0 Å². The number of hydrogen-bond acceptors (Lipinski definition) is 3. The number of halogens is 3. The van der Waals surface area contributed by atoms with Crippen LogP contribution in [0.5, 0.6) is 0 Å². The Morgan fingerprint density at radius 3 is 2.88 bits per heavy atom. The number of anilines is 1. The molecule has 1 aromatic heterocycles. The second kappa shape index (κ2) is 5.72. The Balaban J connectivity index is 2.00. The minimum atomic E-state index is -0.464. The first-order valence-electron chi connectivity index (χ1n) is 7.18. The number of nitrogens with one attached hydrogen (secondary N) is 2. The van der Waals surface area contributed by atoms with E-state index in [9.17, 15) is 4.39 Å². The van der Waals surface area contributed by atoms with Gasteiger partial charge in [0.15, 0.2) is 0 Å². The van der Waals surface area contributed by atoms with Gasteiger partial charge in [-0.05, 0) is 47.1 Å². The maximum Gasteiger partial charge on any atom is 0.149 e. The Morgan fingerprint density at radius 2 is 2.04 bits per heavy atom. The van der Waals surface area contributed by atoms with Gasteiger partial charge in [0.05, 0.1) is 38.3 Å². The molecule has 0 atom stereocenters. The number of aromatic amines is 1. The highest BCUT2D eigenvalue weighted by Gasteiger charge is 2.23. The lowest BCUT2D eigenvalue weighted by molar-refractivity contribution is 0.618. The van der Waals surface area contributed by atoms with E-state index in [0.29, 0.717) is 21.7 Å². The molecule has 0 bridgehead atoms. The summed E-state index contributed by atoms with van der Waals surface area (Å²) in [6.07, 6.45) is 1.64.